The van der Waals surface area contributed by atoms with Crippen LogP contribution in [0.2, 0.25) is 0 Å². The zero-order valence-corrected chi connectivity index (χ0v) is 22.7. The number of amides is 1. The van der Waals surface area contributed by atoms with E-state index in [-0.39, 0.29) is 22.6 Å². The van der Waals surface area contributed by atoms with E-state index in [0.29, 0.717) is 35.6 Å². The van der Waals surface area contributed by atoms with Crippen molar-refractivity contribution in [2.45, 2.75) is 24.6 Å². The molecular formula is C33H26F3N5O2. The summed E-state index contributed by atoms with van der Waals surface area (Å²) in [7, 11) is 0. The molecule has 1 heterocycles. The van der Waals surface area contributed by atoms with E-state index < -0.39 is 23.9 Å². The third kappa shape index (κ3) is 5.60. The lowest BCUT2D eigenvalue weighted by atomic mass is 9.92. The van der Waals surface area contributed by atoms with Gasteiger partial charge >= 0.3 is 6.18 Å². The molecule has 1 saturated carbocycles. The van der Waals surface area contributed by atoms with Crippen LogP contribution in [-0.2, 0) is 6.18 Å². The predicted molar refractivity (Wildman–Crippen MR) is 156 cm³/mol. The number of alkyl halides is 3. The molecule has 216 valence electrons. The SMILES string of the molecule is N#Cc1cccc(-n2nc(C(F)(F)F)cc2C(=O)Nc2cccc(C(O)c3cc(C4CC4CN)cc4ccccc34)c2)c1. The van der Waals surface area contributed by atoms with Gasteiger partial charge in [-0.25, -0.2) is 4.68 Å². The van der Waals surface area contributed by atoms with Gasteiger partial charge in [0.15, 0.2) is 5.69 Å². The van der Waals surface area contributed by atoms with Crippen molar-refractivity contribution >= 4 is 22.4 Å². The number of fused-ring (bicyclic) bond motifs is 1. The molecule has 0 saturated heterocycles. The summed E-state index contributed by atoms with van der Waals surface area (Å²) < 4.78 is 41.6. The second kappa shape index (κ2) is 11.0. The molecule has 0 spiro atoms. The number of hydrogen-bond donors (Lipinski definition) is 3. The minimum Gasteiger partial charge on any atom is -0.384 e. The lowest BCUT2D eigenvalue weighted by molar-refractivity contribution is -0.141. The van der Waals surface area contributed by atoms with Gasteiger partial charge in [-0.05, 0) is 82.6 Å². The number of aliphatic hydroxyl groups excluding tert-OH is 1. The summed E-state index contributed by atoms with van der Waals surface area (Å²) >= 11 is 0. The van der Waals surface area contributed by atoms with E-state index in [9.17, 15) is 28.3 Å². The zero-order valence-electron chi connectivity index (χ0n) is 22.7. The number of nitrogens with one attached hydrogen (secondary N) is 1. The maximum atomic E-state index is 13.6. The number of nitrogens with two attached hydrogens (primary N) is 1. The Morgan fingerprint density at radius 1 is 1.07 bits per heavy atom. The van der Waals surface area contributed by atoms with Crippen molar-refractivity contribution in [3.05, 3.63) is 125 Å². The van der Waals surface area contributed by atoms with Gasteiger partial charge in [0.05, 0.1) is 17.3 Å². The summed E-state index contributed by atoms with van der Waals surface area (Å²) in [6.07, 6.45) is -4.83. The molecule has 5 aromatic rings. The molecule has 4 aromatic carbocycles. The van der Waals surface area contributed by atoms with Crippen molar-refractivity contribution in [2.75, 3.05) is 11.9 Å². The first-order chi connectivity index (χ1) is 20.7. The van der Waals surface area contributed by atoms with Crippen molar-refractivity contribution in [1.82, 2.24) is 9.78 Å². The number of anilines is 1. The Bertz CT molecular complexity index is 1890. The van der Waals surface area contributed by atoms with Gasteiger partial charge in [0.25, 0.3) is 5.91 Å². The van der Waals surface area contributed by atoms with Crippen LogP contribution in [0, 0.1) is 17.2 Å². The van der Waals surface area contributed by atoms with Gasteiger partial charge in [0, 0.05) is 11.8 Å². The number of aliphatic hydroxyl groups is 1. The van der Waals surface area contributed by atoms with Crippen molar-refractivity contribution in [3.8, 4) is 11.8 Å². The standard InChI is InChI=1S/C33H26F3N5O2/c34-33(35,36)30-16-29(41(40-30)25-9-3-5-19(11-25)17-37)32(43)39-24-8-4-7-21(13-24)31(42)28-14-22(27-15-23(27)18-38)12-20-6-1-2-10-26(20)28/h1-14,16,23,27,31,42H,15,18,38H2,(H,39,43). The van der Waals surface area contributed by atoms with Crippen LogP contribution in [0.1, 0.15) is 56.9 Å². The van der Waals surface area contributed by atoms with Crippen molar-refractivity contribution < 1.29 is 23.1 Å². The molecular weight excluding hydrogens is 555 g/mol. The van der Waals surface area contributed by atoms with Crippen LogP contribution in [0.4, 0.5) is 18.9 Å². The van der Waals surface area contributed by atoms with Gasteiger partial charge < -0.3 is 16.2 Å². The van der Waals surface area contributed by atoms with Crippen LogP contribution in [0.3, 0.4) is 0 Å². The number of aromatic nitrogens is 2. The Morgan fingerprint density at radius 2 is 1.86 bits per heavy atom. The fourth-order valence-electron chi connectivity index (χ4n) is 5.47. The highest BCUT2D eigenvalue weighted by Gasteiger charge is 2.38. The molecule has 0 bridgehead atoms. The maximum absolute atomic E-state index is 13.6. The monoisotopic (exact) mass is 581 g/mol. The van der Waals surface area contributed by atoms with Gasteiger partial charge in [-0.3, -0.25) is 4.79 Å². The molecule has 4 N–H and O–H groups in total. The summed E-state index contributed by atoms with van der Waals surface area (Å²) in [5, 5.41) is 28.9. The summed E-state index contributed by atoms with van der Waals surface area (Å²) in [4.78, 5) is 13.3. The first-order valence-corrected chi connectivity index (χ1v) is 13.7. The Morgan fingerprint density at radius 3 is 2.60 bits per heavy atom. The predicted octanol–water partition coefficient (Wildman–Crippen LogP) is 6.31. The van der Waals surface area contributed by atoms with E-state index in [2.05, 4.69) is 16.5 Å². The Balaban J connectivity index is 1.33. The van der Waals surface area contributed by atoms with Gasteiger partial charge in [-0.1, -0.05) is 54.6 Å². The van der Waals surface area contributed by atoms with E-state index >= 15 is 0 Å². The first-order valence-electron chi connectivity index (χ1n) is 13.7. The summed E-state index contributed by atoms with van der Waals surface area (Å²) in [6, 6.07) is 26.8. The molecule has 43 heavy (non-hydrogen) atoms. The molecule has 1 aliphatic rings. The van der Waals surface area contributed by atoms with E-state index in [1.54, 1.807) is 24.3 Å². The topological polar surface area (TPSA) is 117 Å². The second-order valence-electron chi connectivity index (χ2n) is 10.6. The zero-order chi connectivity index (χ0) is 30.3. The average molecular weight is 582 g/mol. The summed E-state index contributed by atoms with van der Waals surface area (Å²) in [5.41, 5.74) is 7.19. The third-order valence-electron chi connectivity index (χ3n) is 7.78. The molecule has 0 aliphatic heterocycles. The molecule has 1 fully saturated rings. The highest BCUT2D eigenvalue weighted by molar-refractivity contribution is 6.03. The first kappa shape index (κ1) is 28.2. The number of carbonyl (C=O) groups excluding carboxylic acids is 1. The fourth-order valence-corrected chi connectivity index (χ4v) is 5.47. The largest absolute Gasteiger partial charge is 0.435 e. The Hall–Kier alpha value is -4.98. The molecule has 1 amide bonds. The minimum atomic E-state index is -4.79. The average Bonchev–Trinajstić information content (AvgIpc) is 3.66. The van der Waals surface area contributed by atoms with Crippen molar-refractivity contribution in [2.24, 2.45) is 11.7 Å². The van der Waals surface area contributed by atoms with E-state index in [4.69, 9.17) is 5.73 Å². The quantitative estimate of drug-likeness (QED) is 0.208. The van der Waals surface area contributed by atoms with E-state index in [1.807, 2.05) is 36.4 Å². The fraction of sp³-hybridized carbons (Fsp3) is 0.182. The molecule has 7 nitrogen and oxygen atoms in total. The number of benzene rings is 4. The number of hydrogen-bond acceptors (Lipinski definition) is 5. The highest BCUT2D eigenvalue weighted by Crippen LogP contribution is 2.48. The Labute approximate surface area is 245 Å². The summed E-state index contributed by atoms with van der Waals surface area (Å²) in [5.74, 6) is -0.0872. The summed E-state index contributed by atoms with van der Waals surface area (Å²) in [6.45, 7) is 0.601. The van der Waals surface area contributed by atoms with Gasteiger partial charge in [-0.15, -0.1) is 0 Å². The number of halogens is 3. The molecule has 3 unspecified atom stereocenters. The lowest BCUT2D eigenvalue weighted by Gasteiger charge is -2.17. The normalized spacial score (nSPS) is 16.9. The van der Waals surface area contributed by atoms with Crippen LogP contribution < -0.4 is 11.1 Å². The van der Waals surface area contributed by atoms with Gasteiger partial charge in [0.1, 0.15) is 11.8 Å². The lowest BCUT2D eigenvalue weighted by Crippen LogP contribution is -2.17. The molecule has 3 atom stereocenters. The molecule has 0 radical (unpaired) electrons. The van der Waals surface area contributed by atoms with Crippen LogP contribution in [0.15, 0.2) is 91.0 Å². The van der Waals surface area contributed by atoms with Crippen molar-refractivity contribution in [3.63, 3.8) is 0 Å². The molecule has 10 heteroatoms. The van der Waals surface area contributed by atoms with Crippen LogP contribution in [0.5, 0.6) is 0 Å². The molecule has 1 aliphatic carbocycles. The number of nitrogens with zero attached hydrogens (tertiary/aromatic N) is 3. The van der Waals surface area contributed by atoms with Crippen LogP contribution in [-0.4, -0.2) is 27.3 Å². The Kier molecular flexibility index (Phi) is 7.22. The third-order valence-corrected chi connectivity index (χ3v) is 7.78. The van der Waals surface area contributed by atoms with Gasteiger partial charge in [-0.2, -0.15) is 23.5 Å². The second-order valence-corrected chi connectivity index (χ2v) is 10.6. The van der Waals surface area contributed by atoms with Crippen LogP contribution in [0.25, 0.3) is 16.5 Å². The molecule has 6 rings (SSSR count). The van der Waals surface area contributed by atoms with E-state index in [1.165, 1.54) is 24.3 Å². The van der Waals surface area contributed by atoms with Crippen LogP contribution >= 0.6 is 0 Å². The smallest absolute Gasteiger partial charge is 0.384 e. The number of rotatable bonds is 7. The minimum absolute atomic E-state index is 0.128. The molecule has 1 aromatic heterocycles. The number of nitriles is 1. The van der Waals surface area contributed by atoms with Gasteiger partial charge in [0.2, 0.25) is 0 Å². The number of carbonyl (C=O) groups is 1. The van der Waals surface area contributed by atoms with E-state index in [0.717, 1.165) is 27.4 Å². The maximum Gasteiger partial charge on any atom is 0.435 e. The van der Waals surface area contributed by atoms with Crippen molar-refractivity contribution in [1.29, 1.82) is 5.26 Å². The highest BCUT2D eigenvalue weighted by atomic mass is 19.4.